The molecule has 1 aliphatic carbocycles. The van der Waals surface area contributed by atoms with E-state index < -0.39 is 0 Å². The van der Waals surface area contributed by atoms with Crippen LogP contribution in [0, 0.1) is 12.8 Å². The minimum Gasteiger partial charge on any atom is -0.387 e. The van der Waals surface area contributed by atoms with Crippen LogP contribution < -0.4 is 10.6 Å². The minimum atomic E-state index is -0.00417. The van der Waals surface area contributed by atoms with Crippen molar-refractivity contribution in [3.63, 3.8) is 0 Å². The monoisotopic (exact) mass is 274 g/mol. The van der Waals surface area contributed by atoms with Crippen LogP contribution in [0.1, 0.15) is 35.2 Å². The van der Waals surface area contributed by atoms with Crippen LogP contribution >= 0.6 is 0 Å². The number of amides is 1. The largest absolute Gasteiger partial charge is 0.387 e. The highest BCUT2D eigenvalue weighted by Crippen LogP contribution is 2.38. The molecular weight excluding hydrogens is 252 g/mol. The first kappa shape index (κ1) is 13.4. The summed E-state index contributed by atoms with van der Waals surface area (Å²) in [5, 5.41) is 6.25. The Kier molecular flexibility index (Phi) is 3.66. The van der Waals surface area contributed by atoms with E-state index in [1.165, 1.54) is 12.8 Å². The SMILES string of the molecule is CNc1cc(C)ccc1C(=O)NC1CCOC1C1CC1. The second kappa shape index (κ2) is 5.44. The van der Waals surface area contributed by atoms with Crippen LogP contribution in [0.25, 0.3) is 0 Å². The van der Waals surface area contributed by atoms with Gasteiger partial charge < -0.3 is 15.4 Å². The maximum Gasteiger partial charge on any atom is 0.253 e. The summed E-state index contributed by atoms with van der Waals surface area (Å²) < 4.78 is 5.77. The van der Waals surface area contributed by atoms with Crippen LogP contribution in [0.3, 0.4) is 0 Å². The topological polar surface area (TPSA) is 50.4 Å². The molecule has 3 rings (SSSR count). The van der Waals surface area contributed by atoms with Gasteiger partial charge >= 0.3 is 0 Å². The van der Waals surface area contributed by atoms with E-state index in [4.69, 9.17) is 4.74 Å². The Morgan fingerprint density at radius 1 is 1.30 bits per heavy atom. The van der Waals surface area contributed by atoms with E-state index in [0.717, 1.165) is 24.3 Å². The Labute approximate surface area is 119 Å². The van der Waals surface area contributed by atoms with E-state index in [0.29, 0.717) is 11.5 Å². The fourth-order valence-electron chi connectivity index (χ4n) is 2.96. The van der Waals surface area contributed by atoms with Crippen LogP contribution in [0.15, 0.2) is 18.2 Å². The highest BCUT2D eigenvalue weighted by molar-refractivity contribution is 5.99. The van der Waals surface area contributed by atoms with Gasteiger partial charge in [0.25, 0.3) is 5.91 Å². The molecule has 2 fully saturated rings. The van der Waals surface area contributed by atoms with Crippen LogP contribution in [0.2, 0.25) is 0 Å². The fraction of sp³-hybridized carbons (Fsp3) is 0.562. The van der Waals surface area contributed by atoms with Gasteiger partial charge in [-0.1, -0.05) is 6.07 Å². The molecule has 2 N–H and O–H groups in total. The van der Waals surface area contributed by atoms with Crippen molar-refractivity contribution in [2.75, 3.05) is 19.0 Å². The molecule has 2 aliphatic rings. The van der Waals surface area contributed by atoms with Crippen LogP contribution in [0.4, 0.5) is 5.69 Å². The van der Waals surface area contributed by atoms with Gasteiger partial charge in [0.2, 0.25) is 0 Å². The standard InChI is InChI=1S/C16H22N2O2/c1-10-3-6-12(14(9-10)17-2)16(19)18-13-7-8-20-15(13)11-4-5-11/h3,6,9,11,13,15,17H,4-5,7-8H2,1-2H3,(H,18,19). The summed E-state index contributed by atoms with van der Waals surface area (Å²) in [5.41, 5.74) is 2.73. The summed E-state index contributed by atoms with van der Waals surface area (Å²) in [7, 11) is 1.84. The lowest BCUT2D eigenvalue weighted by Crippen LogP contribution is -2.41. The highest BCUT2D eigenvalue weighted by atomic mass is 16.5. The third-order valence-electron chi connectivity index (χ3n) is 4.23. The molecule has 20 heavy (non-hydrogen) atoms. The zero-order valence-electron chi connectivity index (χ0n) is 12.1. The zero-order chi connectivity index (χ0) is 14.1. The Balaban J connectivity index is 1.72. The lowest BCUT2D eigenvalue weighted by atomic mass is 10.0. The zero-order valence-corrected chi connectivity index (χ0v) is 12.1. The smallest absolute Gasteiger partial charge is 0.253 e. The van der Waals surface area contributed by atoms with Gasteiger partial charge in [0, 0.05) is 19.3 Å². The van der Waals surface area contributed by atoms with Gasteiger partial charge in [-0.15, -0.1) is 0 Å². The van der Waals surface area contributed by atoms with Crippen molar-refractivity contribution >= 4 is 11.6 Å². The van der Waals surface area contributed by atoms with Gasteiger partial charge in [0.15, 0.2) is 0 Å². The molecule has 1 saturated heterocycles. The summed E-state index contributed by atoms with van der Waals surface area (Å²) in [5.74, 6) is 0.653. The maximum absolute atomic E-state index is 12.5. The summed E-state index contributed by atoms with van der Waals surface area (Å²) in [6.45, 7) is 2.79. The van der Waals surface area contributed by atoms with Crippen molar-refractivity contribution in [2.24, 2.45) is 5.92 Å². The molecule has 1 aliphatic heterocycles. The minimum absolute atomic E-state index is 0.00417. The predicted octanol–water partition coefficient (Wildman–Crippen LogP) is 2.33. The quantitative estimate of drug-likeness (QED) is 0.886. The van der Waals surface area contributed by atoms with Crippen molar-refractivity contribution in [1.82, 2.24) is 5.32 Å². The van der Waals surface area contributed by atoms with Gasteiger partial charge in [-0.2, -0.15) is 0 Å². The van der Waals surface area contributed by atoms with E-state index in [1.807, 2.05) is 32.2 Å². The van der Waals surface area contributed by atoms with E-state index >= 15 is 0 Å². The second-order valence-electron chi connectivity index (χ2n) is 5.84. The average molecular weight is 274 g/mol. The number of ether oxygens (including phenoxy) is 1. The van der Waals surface area contributed by atoms with Crippen LogP contribution in [-0.4, -0.2) is 31.7 Å². The van der Waals surface area contributed by atoms with Crippen molar-refractivity contribution < 1.29 is 9.53 Å². The summed E-state index contributed by atoms with van der Waals surface area (Å²) in [4.78, 5) is 12.5. The Hall–Kier alpha value is -1.55. The molecule has 4 heteroatoms. The fourth-order valence-corrected chi connectivity index (χ4v) is 2.96. The Bertz CT molecular complexity index is 511. The van der Waals surface area contributed by atoms with Gasteiger partial charge in [0.1, 0.15) is 0 Å². The number of aryl methyl sites for hydroxylation is 1. The molecule has 2 unspecified atom stereocenters. The number of carbonyl (C=O) groups is 1. The molecule has 108 valence electrons. The number of benzene rings is 1. The lowest BCUT2D eigenvalue weighted by Gasteiger charge is -2.20. The van der Waals surface area contributed by atoms with Crippen molar-refractivity contribution in [2.45, 2.75) is 38.3 Å². The summed E-state index contributed by atoms with van der Waals surface area (Å²) in [6, 6.07) is 6.02. The highest BCUT2D eigenvalue weighted by Gasteiger charge is 2.41. The number of rotatable bonds is 4. The normalized spacial score (nSPS) is 25.5. The Morgan fingerprint density at radius 3 is 2.80 bits per heavy atom. The van der Waals surface area contributed by atoms with E-state index in [-0.39, 0.29) is 18.1 Å². The van der Waals surface area contributed by atoms with Crippen molar-refractivity contribution in [1.29, 1.82) is 0 Å². The number of hydrogen-bond donors (Lipinski definition) is 2. The molecule has 4 nitrogen and oxygen atoms in total. The molecule has 1 aromatic carbocycles. The van der Waals surface area contributed by atoms with E-state index in [9.17, 15) is 4.79 Å². The van der Waals surface area contributed by atoms with Crippen molar-refractivity contribution in [3.8, 4) is 0 Å². The van der Waals surface area contributed by atoms with E-state index in [1.54, 1.807) is 0 Å². The number of anilines is 1. The second-order valence-corrected chi connectivity index (χ2v) is 5.84. The molecule has 0 aromatic heterocycles. The number of nitrogens with one attached hydrogen (secondary N) is 2. The first-order valence-electron chi connectivity index (χ1n) is 7.40. The summed E-state index contributed by atoms with van der Waals surface area (Å²) in [6.07, 6.45) is 3.63. The molecule has 0 bridgehead atoms. The lowest BCUT2D eigenvalue weighted by molar-refractivity contribution is 0.0730. The first-order chi connectivity index (χ1) is 9.69. The molecule has 1 heterocycles. The maximum atomic E-state index is 12.5. The molecule has 1 aromatic rings. The Morgan fingerprint density at radius 2 is 2.10 bits per heavy atom. The number of hydrogen-bond acceptors (Lipinski definition) is 3. The molecule has 2 atom stereocenters. The molecular formula is C16H22N2O2. The van der Waals surface area contributed by atoms with E-state index in [2.05, 4.69) is 10.6 Å². The van der Waals surface area contributed by atoms with Crippen molar-refractivity contribution in [3.05, 3.63) is 29.3 Å². The van der Waals surface area contributed by atoms with Gasteiger partial charge in [0.05, 0.1) is 17.7 Å². The van der Waals surface area contributed by atoms with Gasteiger partial charge in [-0.05, 0) is 49.8 Å². The molecule has 0 spiro atoms. The van der Waals surface area contributed by atoms with Gasteiger partial charge in [-0.3, -0.25) is 4.79 Å². The average Bonchev–Trinajstić information content (AvgIpc) is 3.19. The molecule has 0 radical (unpaired) electrons. The third-order valence-corrected chi connectivity index (χ3v) is 4.23. The van der Waals surface area contributed by atoms with Crippen LogP contribution in [0.5, 0.6) is 0 Å². The summed E-state index contributed by atoms with van der Waals surface area (Å²) >= 11 is 0. The third kappa shape index (κ3) is 2.66. The van der Waals surface area contributed by atoms with Gasteiger partial charge in [-0.25, -0.2) is 0 Å². The first-order valence-corrected chi connectivity index (χ1v) is 7.40. The van der Waals surface area contributed by atoms with Crippen LogP contribution in [-0.2, 0) is 4.74 Å². The number of carbonyl (C=O) groups excluding carboxylic acids is 1. The molecule has 1 saturated carbocycles. The molecule has 1 amide bonds. The predicted molar refractivity (Wildman–Crippen MR) is 79.1 cm³/mol.